The number of hydrogen-bond donors (Lipinski definition) is 2. The second-order valence-electron chi connectivity index (χ2n) is 6.24. The fourth-order valence-electron chi connectivity index (χ4n) is 3.04. The average Bonchev–Trinajstić information content (AvgIpc) is 3.15. The molecule has 5 heteroatoms. The molecule has 3 aromatic rings. The Morgan fingerprint density at radius 1 is 1.00 bits per heavy atom. The minimum atomic E-state index is -0.679. The topological polar surface area (TPSA) is 67.8 Å². The number of nitrogens with one attached hydrogen (secondary N) is 1. The molecule has 2 N–H and O–H groups in total. The number of carbonyl (C=O) groups is 1. The van der Waals surface area contributed by atoms with Crippen molar-refractivity contribution in [3.05, 3.63) is 71.8 Å². The average molecular weight is 349 g/mol. The van der Waals surface area contributed by atoms with Gasteiger partial charge in [-0.3, -0.25) is 4.79 Å². The first-order valence-corrected chi connectivity index (χ1v) is 8.55. The molecule has 132 valence electrons. The molecule has 1 heterocycles. The highest BCUT2D eigenvalue weighted by Gasteiger charge is 2.16. The Bertz CT molecular complexity index is 954. The fourth-order valence-corrected chi connectivity index (χ4v) is 3.04. The molecule has 5 nitrogen and oxygen atoms in total. The number of carbonyl (C=O) groups excluding carboxylic acids is 1. The minimum absolute atomic E-state index is 0.145. The predicted molar refractivity (Wildman–Crippen MR) is 98.4 cm³/mol. The normalized spacial score (nSPS) is 13.6. The molecule has 0 aliphatic carbocycles. The maximum Gasteiger partial charge on any atom is 0.251 e. The van der Waals surface area contributed by atoms with Gasteiger partial charge in [0.1, 0.15) is 0 Å². The van der Waals surface area contributed by atoms with E-state index in [1.165, 1.54) is 0 Å². The summed E-state index contributed by atoms with van der Waals surface area (Å²) in [5, 5.41) is 15.3. The number of rotatable bonds is 5. The van der Waals surface area contributed by atoms with Crippen LogP contribution >= 0.6 is 0 Å². The van der Waals surface area contributed by atoms with Gasteiger partial charge in [0.05, 0.1) is 6.10 Å². The highest BCUT2D eigenvalue weighted by atomic mass is 16.7. The summed E-state index contributed by atoms with van der Waals surface area (Å²) in [6, 6.07) is 18.9. The molecule has 0 aromatic heterocycles. The lowest BCUT2D eigenvalue weighted by atomic mass is 10.1. The lowest BCUT2D eigenvalue weighted by Crippen LogP contribution is -2.25. The third-order valence-corrected chi connectivity index (χ3v) is 4.50. The summed E-state index contributed by atoms with van der Waals surface area (Å²) >= 11 is 0. The third kappa shape index (κ3) is 3.34. The molecule has 0 fully saturated rings. The van der Waals surface area contributed by atoms with Crippen LogP contribution in [0.1, 0.15) is 28.4 Å². The SMILES string of the molecule is O=C(NCCC(O)c1ccc2c(c1)OCO2)c1ccc2ccccc2c1. The van der Waals surface area contributed by atoms with Crippen molar-refractivity contribution < 1.29 is 19.4 Å². The summed E-state index contributed by atoms with van der Waals surface area (Å²) in [7, 11) is 0. The molecule has 4 rings (SSSR count). The van der Waals surface area contributed by atoms with E-state index in [0.717, 1.165) is 16.3 Å². The Labute approximate surface area is 151 Å². The van der Waals surface area contributed by atoms with Crippen molar-refractivity contribution in [3.8, 4) is 11.5 Å². The van der Waals surface area contributed by atoms with Gasteiger partial charge in [-0.15, -0.1) is 0 Å². The molecule has 0 spiro atoms. The van der Waals surface area contributed by atoms with E-state index in [1.54, 1.807) is 12.1 Å². The second kappa shape index (κ2) is 7.06. The van der Waals surface area contributed by atoms with E-state index in [2.05, 4.69) is 5.32 Å². The summed E-state index contributed by atoms with van der Waals surface area (Å²) in [6.07, 6.45) is -0.264. The Morgan fingerprint density at radius 3 is 2.69 bits per heavy atom. The molecule has 1 aliphatic heterocycles. The quantitative estimate of drug-likeness (QED) is 0.741. The van der Waals surface area contributed by atoms with Crippen molar-refractivity contribution in [3.63, 3.8) is 0 Å². The first-order chi connectivity index (χ1) is 12.7. The Kier molecular flexibility index (Phi) is 4.46. The molecule has 0 bridgehead atoms. The maximum absolute atomic E-state index is 12.3. The Balaban J connectivity index is 1.35. The molecule has 1 unspecified atom stereocenters. The highest BCUT2D eigenvalue weighted by Crippen LogP contribution is 2.34. The molecule has 0 radical (unpaired) electrons. The highest BCUT2D eigenvalue weighted by molar-refractivity contribution is 5.98. The van der Waals surface area contributed by atoms with Crippen LogP contribution in [0.4, 0.5) is 0 Å². The van der Waals surface area contributed by atoms with E-state index in [0.29, 0.717) is 30.0 Å². The van der Waals surface area contributed by atoms with E-state index in [9.17, 15) is 9.90 Å². The van der Waals surface area contributed by atoms with Crippen molar-refractivity contribution in [1.82, 2.24) is 5.32 Å². The van der Waals surface area contributed by atoms with E-state index >= 15 is 0 Å². The molecule has 1 amide bonds. The lowest BCUT2D eigenvalue weighted by Gasteiger charge is -2.12. The number of aliphatic hydroxyl groups excluding tert-OH is 1. The zero-order valence-electron chi connectivity index (χ0n) is 14.1. The number of fused-ring (bicyclic) bond motifs is 2. The summed E-state index contributed by atoms with van der Waals surface area (Å²) in [6.45, 7) is 0.581. The van der Waals surface area contributed by atoms with E-state index < -0.39 is 6.10 Å². The first kappa shape index (κ1) is 16.4. The number of amides is 1. The first-order valence-electron chi connectivity index (χ1n) is 8.55. The van der Waals surface area contributed by atoms with Crippen LogP contribution in [0.3, 0.4) is 0 Å². The molecular weight excluding hydrogens is 330 g/mol. The number of hydrogen-bond acceptors (Lipinski definition) is 4. The molecule has 1 atom stereocenters. The standard InChI is InChI=1S/C21H19NO4/c23-18(16-7-8-19-20(12-16)26-13-25-19)9-10-22-21(24)17-6-5-14-3-1-2-4-15(14)11-17/h1-8,11-12,18,23H,9-10,13H2,(H,22,24). The zero-order chi connectivity index (χ0) is 17.9. The van der Waals surface area contributed by atoms with Crippen LogP contribution in [0.25, 0.3) is 10.8 Å². The summed E-state index contributed by atoms with van der Waals surface area (Å²) in [5.74, 6) is 1.18. The molecule has 3 aromatic carbocycles. The molecule has 26 heavy (non-hydrogen) atoms. The van der Waals surface area contributed by atoms with Crippen LogP contribution in [0.15, 0.2) is 60.7 Å². The van der Waals surface area contributed by atoms with Gasteiger partial charge in [-0.1, -0.05) is 36.4 Å². The summed E-state index contributed by atoms with van der Waals surface area (Å²) in [5.41, 5.74) is 1.36. The third-order valence-electron chi connectivity index (χ3n) is 4.50. The number of aliphatic hydroxyl groups is 1. The minimum Gasteiger partial charge on any atom is -0.454 e. The van der Waals surface area contributed by atoms with Crippen molar-refractivity contribution in [1.29, 1.82) is 0 Å². The van der Waals surface area contributed by atoms with Gasteiger partial charge in [0, 0.05) is 12.1 Å². The van der Waals surface area contributed by atoms with Crippen LogP contribution in [0.5, 0.6) is 11.5 Å². The smallest absolute Gasteiger partial charge is 0.251 e. The van der Waals surface area contributed by atoms with Crippen LogP contribution in [-0.4, -0.2) is 24.4 Å². The molecule has 1 aliphatic rings. The van der Waals surface area contributed by atoms with Gasteiger partial charge in [0.2, 0.25) is 6.79 Å². The lowest BCUT2D eigenvalue weighted by molar-refractivity contribution is 0.0942. The van der Waals surface area contributed by atoms with Crippen LogP contribution < -0.4 is 14.8 Å². The van der Waals surface area contributed by atoms with E-state index in [4.69, 9.17) is 9.47 Å². The maximum atomic E-state index is 12.3. The van der Waals surface area contributed by atoms with Gasteiger partial charge in [-0.25, -0.2) is 0 Å². The monoisotopic (exact) mass is 349 g/mol. The molecular formula is C21H19NO4. The van der Waals surface area contributed by atoms with Gasteiger partial charge >= 0.3 is 0 Å². The van der Waals surface area contributed by atoms with Gasteiger partial charge in [-0.2, -0.15) is 0 Å². The largest absolute Gasteiger partial charge is 0.454 e. The molecule has 0 saturated heterocycles. The number of ether oxygens (including phenoxy) is 2. The van der Waals surface area contributed by atoms with Crippen LogP contribution in [-0.2, 0) is 0 Å². The zero-order valence-corrected chi connectivity index (χ0v) is 14.1. The Morgan fingerprint density at radius 2 is 1.81 bits per heavy atom. The fraction of sp³-hybridized carbons (Fsp3) is 0.190. The molecule has 0 saturated carbocycles. The van der Waals surface area contributed by atoms with Crippen LogP contribution in [0.2, 0.25) is 0 Å². The van der Waals surface area contributed by atoms with Crippen LogP contribution in [0, 0.1) is 0 Å². The van der Waals surface area contributed by atoms with Crippen molar-refractivity contribution in [2.45, 2.75) is 12.5 Å². The van der Waals surface area contributed by atoms with Gasteiger partial charge in [0.25, 0.3) is 5.91 Å². The van der Waals surface area contributed by atoms with E-state index in [-0.39, 0.29) is 12.7 Å². The van der Waals surface area contributed by atoms with Crippen molar-refractivity contribution in [2.75, 3.05) is 13.3 Å². The van der Waals surface area contributed by atoms with Crippen molar-refractivity contribution in [2.24, 2.45) is 0 Å². The van der Waals surface area contributed by atoms with Crippen molar-refractivity contribution >= 4 is 16.7 Å². The Hall–Kier alpha value is -3.05. The summed E-state index contributed by atoms with van der Waals surface area (Å²) in [4.78, 5) is 12.3. The number of benzene rings is 3. The van der Waals surface area contributed by atoms with Gasteiger partial charge < -0.3 is 19.9 Å². The van der Waals surface area contributed by atoms with Gasteiger partial charge in [-0.05, 0) is 47.0 Å². The second-order valence-corrected chi connectivity index (χ2v) is 6.24. The van der Waals surface area contributed by atoms with E-state index in [1.807, 2.05) is 48.5 Å². The predicted octanol–water partition coefficient (Wildman–Crippen LogP) is 3.42. The summed E-state index contributed by atoms with van der Waals surface area (Å²) < 4.78 is 10.6. The van der Waals surface area contributed by atoms with Gasteiger partial charge in [0.15, 0.2) is 11.5 Å².